The first kappa shape index (κ1) is 14.0. The highest BCUT2D eigenvalue weighted by molar-refractivity contribution is 5.57. The number of hydrogen-bond donors (Lipinski definition) is 2. The van der Waals surface area contributed by atoms with Gasteiger partial charge in [-0.1, -0.05) is 0 Å². The third kappa shape index (κ3) is 2.14. The van der Waals surface area contributed by atoms with E-state index in [1.54, 1.807) is 6.92 Å². The molecule has 0 spiro atoms. The van der Waals surface area contributed by atoms with Crippen LogP contribution in [0.25, 0.3) is 0 Å². The van der Waals surface area contributed by atoms with Crippen LogP contribution in [0.5, 0.6) is 11.5 Å². The molecule has 106 valence electrons. The van der Waals surface area contributed by atoms with E-state index in [2.05, 4.69) is 0 Å². The molecule has 2 rings (SSSR count). The third-order valence-corrected chi connectivity index (χ3v) is 3.82. The summed E-state index contributed by atoms with van der Waals surface area (Å²) in [6.07, 6.45) is -3.45. The summed E-state index contributed by atoms with van der Waals surface area (Å²) in [5.74, 6) is -0.415. The molecule has 0 aliphatic heterocycles. The molecular formula is C13H16F3NO2. The highest BCUT2D eigenvalue weighted by Crippen LogP contribution is 2.57. The van der Waals surface area contributed by atoms with Crippen molar-refractivity contribution in [2.45, 2.75) is 37.4 Å². The van der Waals surface area contributed by atoms with Gasteiger partial charge in [0.05, 0.1) is 12.7 Å². The third-order valence-electron chi connectivity index (χ3n) is 3.82. The maximum atomic E-state index is 13.1. The molecule has 1 aliphatic rings. The molecule has 1 aromatic rings. The lowest BCUT2D eigenvalue weighted by atomic mass is 9.84. The zero-order valence-electron chi connectivity index (χ0n) is 10.7. The van der Waals surface area contributed by atoms with Crippen molar-refractivity contribution < 1.29 is 23.0 Å². The Morgan fingerprint density at radius 1 is 1.37 bits per heavy atom. The van der Waals surface area contributed by atoms with Gasteiger partial charge < -0.3 is 15.6 Å². The van der Waals surface area contributed by atoms with Gasteiger partial charge in [-0.05, 0) is 31.9 Å². The maximum Gasteiger partial charge on any atom is 0.416 e. The molecule has 0 saturated heterocycles. The topological polar surface area (TPSA) is 55.5 Å². The number of rotatable bonds is 3. The van der Waals surface area contributed by atoms with Crippen LogP contribution in [0.1, 0.15) is 30.9 Å². The summed E-state index contributed by atoms with van der Waals surface area (Å²) in [5.41, 5.74) is 4.05. The smallest absolute Gasteiger partial charge is 0.416 e. The first-order valence-electron chi connectivity index (χ1n) is 5.97. The number of halogens is 3. The van der Waals surface area contributed by atoms with Crippen LogP contribution in [0.3, 0.4) is 0 Å². The fourth-order valence-electron chi connectivity index (χ4n) is 2.54. The lowest BCUT2D eigenvalue weighted by Gasteiger charge is -2.26. The van der Waals surface area contributed by atoms with Crippen molar-refractivity contribution >= 4 is 0 Å². The second-order valence-corrected chi connectivity index (χ2v) is 4.98. The number of phenolic OH excluding ortho intramolecular Hbond substituents is 1. The number of nitrogens with two attached hydrogens (primary N) is 1. The van der Waals surface area contributed by atoms with Crippen molar-refractivity contribution in [3.63, 3.8) is 0 Å². The predicted molar refractivity (Wildman–Crippen MR) is 64.2 cm³/mol. The van der Waals surface area contributed by atoms with Gasteiger partial charge in [-0.3, -0.25) is 0 Å². The van der Waals surface area contributed by atoms with Crippen LogP contribution in [-0.2, 0) is 11.6 Å². The van der Waals surface area contributed by atoms with Crippen LogP contribution in [0.15, 0.2) is 12.1 Å². The number of aromatic hydroxyl groups is 1. The number of ether oxygens (including phenoxy) is 1. The standard InChI is InChI=1S/C13H16F3NO2/c1-7(17)12(5-6-12)10-8(13(14,15)16)3-4-9(19-2)11(10)18/h3-4,7,18H,5-6,17H2,1-2H3. The number of benzene rings is 1. The molecule has 6 heteroatoms. The van der Waals surface area contributed by atoms with E-state index >= 15 is 0 Å². The van der Waals surface area contributed by atoms with Crippen LogP contribution in [0, 0.1) is 0 Å². The van der Waals surface area contributed by atoms with Gasteiger partial charge in [-0.25, -0.2) is 0 Å². The number of alkyl halides is 3. The molecule has 0 heterocycles. The number of hydrogen-bond acceptors (Lipinski definition) is 3. The van der Waals surface area contributed by atoms with Crippen molar-refractivity contribution in [2.75, 3.05) is 7.11 Å². The molecule has 19 heavy (non-hydrogen) atoms. The zero-order valence-corrected chi connectivity index (χ0v) is 10.7. The highest BCUT2D eigenvalue weighted by atomic mass is 19.4. The molecule has 0 radical (unpaired) electrons. The molecule has 1 unspecified atom stereocenters. The average molecular weight is 275 g/mol. The van der Waals surface area contributed by atoms with E-state index in [4.69, 9.17) is 10.5 Å². The summed E-state index contributed by atoms with van der Waals surface area (Å²) in [6.45, 7) is 1.66. The molecule has 1 aliphatic carbocycles. The molecule has 0 aromatic heterocycles. The van der Waals surface area contributed by atoms with E-state index in [9.17, 15) is 18.3 Å². The molecule has 1 atom stereocenters. The summed E-state index contributed by atoms with van der Waals surface area (Å²) in [4.78, 5) is 0. The van der Waals surface area contributed by atoms with Gasteiger partial charge in [0, 0.05) is 17.0 Å². The molecule has 3 N–H and O–H groups in total. The Labute approximate surface area is 109 Å². The SMILES string of the molecule is COc1ccc(C(F)(F)F)c(C2(C(C)N)CC2)c1O. The Morgan fingerprint density at radius 2 is 1.95 bits per heavy atom. The first-order valence-corrected chi connectivity index (χ1v) is 5.97. The molecule has 3 nitrogen and oxygen atoms in total. The van der Waals surface area contributed by atoms with Gasteiger partial charge in [0.15, 0.2) is 11.5 Å². The van der Waals surface area contributed by atoms with Gasteiger partial charge in [0.25, 0.3) is 0 Å². The quantitative estimate of drug-likeness (QED) is 0.891. The summed E-state index contributed by atoms with van der Waals surface area (Å²) in [6, 6.07) is 1.60. The maximum absolute atomic E-state index is 13.1. The van der Waals surface area contributed by atoms with Crippen molar-refractivity contribution in [3.8, 4) is 11.5 Å². The Balaban J connectivity index is 2.68. The number of phenols is 1. The van der Waals surface area contributed by atoms with Gasteiger partial charge in [0.1, 0.15) is 0 Å². The largest absolute Gasteiger partial charge is 0.504 e. The van der Waals surface area contributed by atoms with E-state index in [0.717, 1.165) is 12.1 Å². The summed E-state index contributed by atoms with van der Waals surface area (Å²) >= 11 is 0. The monoisotopic (exact) mass is 275 g/mol. The fraction of sp³-hybridized carbons (Fsp3) is 0.538. The van der Waals surface area contributed by atoms with E-state index in [-0.39, 0.29) is 11.3 Å². The second-order valence-electron chi connectivity index (χ2n) is 4.98. The van der Waals surface area contributed by atoms with Crippen LogP contribution in [-0.4, -0.2) is 18.3 Å². The average Bonchev–Trinajstić information content (AvgIpc) is 3.08. The molecule has 1 aromatic carbocycles. The van der Waals surface area contributed by atoms with Crippen LogP contribution < -0.4 is 10.5 Å². The van der Waals surface area contributed by atoms with Crippen molar-refractivity contribution in [1.82, 2.24) is 0 Å². The Bertz CT molecular complexity index is 493. The summed E-state index contributed by atoms with van der Waals surface area (Å²) < 4.78 is 44.2. The molecule has 1 fully saturated rings. The minimum absolute atomic E-state index is 0.0370. The Kier molecular flexibility index (Phi) is 3.16. The van der Waals surface area contributed by atoms with E-state index in [1.165, 1.54) is 7.11 Å². The van der Waals surface area contributed by atoms with Crippen LogP contribution >= 0.6 is 0 Å². The Morgan fingerprint density at radius 3 is 2.32 bits per heavy atom. The fourth-order valence-corrected chi connectivity index (χ4v) is 2.54. The molecule has 0 bridgehead atoms. The van der Waals surface area contributed by atoms with Crippen molar-refractivity contribution in [1.29, 1.82) is 0 Å². The van der Waals surface area contributed by atoms with Gasteiger partial charge >= 0.3 is 6.18 Å². The summed E-state index contributed by atoms with van der Waals surface area (Å²) in [5, 5.41) is 10.1. The van der Waals surface area contributed by atoms with E-state index in [1.807, 2.05) is 0 Å². The van der Waals surface area contributed by atoms with Gasteiger partial charge in [-0.2, -0.15) is 13.2 Å². The van der Waals surface area contributed by atoms with Crippen LogP contribution in [0.4, 0.5) is 13.2 Å². The molecular weight excluding hydrogens is 259 g/mol. The predicted octanol–water partition coefficient (Wildman–Crippen LogP) is 2.80. The second kappa shape index (κ2) is 4.30. The highest BCUT2D eigenvalue weighted by Gasteiger charge is 2.53. The lowest BCUT2D eigenvalue weighted by molar-refractivity contribution is -0.138. The first-order chi connectivity index (χ1) is 8.74. The minimum atomic E-state index is -4.52. The molecule has 0 amide bonds. The normalized spacial score (nSPS) is 19.1. The summed E-state index contributed by atoms with van der Waals surface area (Å²) in [7, 11) is 1.30. The lowest BCUT2D eigenvalue weighted by Crippen LogP contribution is -2.33. The van der Waals surface area contributed by atoms with Gasteiger partial charge in [-0.15, -0.1) is 0 Å². The molecule has 1 saturated carbocycles. The minimum Gasteiger partial charge on any atom is -0.504 e. The zero-order chi connectivity index (χ0) is 14.4. The van der Waals surface area contributed by atoms with Crippen molar-refractivity contribution in [2.24, 2.45) is 5.73 Å². The van der Waals surface area contributed by atoms with E-state index in [0.29, 0.717) is 12.8 Å². The number of methoxy groups -OCH3 is 1. The van der Waals surface area contributed by atoms with Crippen molar-refractivity contribution in [3.05, 3.63) is 23.3 Å². The van der Waals surface area contributed by atoms with E-state index < -0.39 is 28.9 Å². The Hall–Kier alpha value is -1.43. The van der Waals surface area contributed by atoms with Gasteiger partial charge in [0.2, 0.25) is 0 Å². The van der Waals surface area contributed by atoms with Crippen LogP contribution in [0.2, 0.25) is 0 Å².